The topological polar surface area (TPSA) is 68.2 Å². The van der Waals surface area contributed by atoms with Crippen molar-refractivity contribution in [3.63, 3.8) is 0 Å². The Kier molecular flexibility index (Phi) is 2.66. The first kappa shape index (κ1) is 11.1. The second-order valence-electron chi connectivity index (χ2n) is 4.61. The molecule has 1 aromatic carbocycles. The number of anilines is 2. The standard InChI is InChI=1S/C13H16N4O/c1-9-10(5-4-6-11(9)14)12-15-13(16-18-12)17-7-2-3-8-17/h4-6H,2-3,7-8,14H2,1H3. The lowest BCUT2D eigenvalue weighted by Gasteiger charge is -2.09. The highest BCUT2D eigenvalue weighted by molar-refractivity contribution is 5.67. The van der Waals surface area contributed by atoms with Crippen LogP contribution in [0, 0.1) is 6.92 Å². The van der Waals surface area contributed by atoms with E-state index in [9.17, 15) is 0 Å². The molecule has 0 radical (unpaired) electrons. The Balaban J connectivity index is 1.95. The molecule has 5 nitrogen and oxygen atoms in total. The maximum atomic E-state index is 5.89. The van der Waals surface area contributed by atoms with Gasteiger partial charge in [-0.1, -0.05) is 6.07 Å². The summed E-state index contributed by atoms with van der Waals surface area (Å²) < 4.78 is 5.34. The molecule has 0 spiro atoms. The molecular weight excluding hydrogens is 228 g/mol. The molecular formula is C13H16N4O. The highest BCUT2D eigenvalue weighted by Gasteiger charge is 2.19. The molecule has 2 aromatic rings. The van der Waals surface area contributed by atoms with Gasteiger partial charge in [0, 0.05) is 24.3 Å². The molecule has 0 bridgehead atoms. The van der Waals surface area contributed by atoms with Crippen LogP contribution in [0.25, 0.3) is 11.5 Å². The Morgan fingerprint density at radius 3 is 2.83 bits per heavy atom. The lowest BCUT2D eigenvalue weighted by atomic mass is 10.1. The monoisotopic (exact) mass is 244 g/mol. The lowest BCUT2D eigenvalue weighted by Crippen LogP contribution is -2.18. The number of aromatic nitrogens is 2. The smallest absolute Gasteiger partial charge is 0.266 e. The molecule has 5 heteroatoms. The molecule has 0 amide bonds. The molecule has 2 N–H and O–H groups in total. The summed E-state index contributed by atoms with van der Waals surface area (Å²) in [7, 11) is 0. The van der Waals surface area contributed by atoms with Crippen LogP contribution in [0.2, 0.25) is 0 Å². The van der Waals surface area contributed by atoms with Crippen LogP contribution >= 0.6 is 0 Å². The first-order valence-corrected chi connectivity index (χ1v) is 6.20. The minimum Gasteiger partial charge on any atom is -0.398 e. The molecule has 1 aromatic heterocycles. The van der Waals surface area contributed by atoms with Crippen molar-refractivity contribution in [1.82, 2.24) is 10.1 Å². The third-order valence-corrected chi connectivity index (χ3v) is 3.41. The molecule has 0 unspecified atom stereocenters. The SMILES string of the molecule is Cc1c(N)cccc1-c1nc(N2CCCC2)no1. The first-order valence-electron chi connectivity index (χ1n) is 6.20. The fourth-order valence-corrected chi connectivity index (χ4v) is 2.26. The predicted octanol–water partition coefficient (Wildman–Crippen LogP) is 2.23. The number of hydrogen-bond acceptors (Lipinski definition) is 5. The van der Waals surface area contributed by atoms with Gasteiger partial charge in [0.05, 0.1) is 0 Å². The van der Waals surface area contributed by atoms with Gasteiger partial charge in [0.2, 0.25) is 0 Å². The van der Waals surface area contributed by atoms with Gasteiger partial charge in [-0.2, -0.15) is 4.98 Å². The summed E-state index contributed by atoms with van der Waals surface area (Å²) in [6, 6.07) is 5.72. The molecule has 0 saturated carbocycles. The highest BCUT2D eigenvalue weighted by atomic mass is 16.5. The first-order chi connectivity index (χ1) is 8.75. The molecule has 1 saturated heterocycles. The predicted molar refractivity (Wildman–Crippen MR) is 70.3 cm³/mol. The van der Waals surface area contributed by atoms with E-state index in [-0.39, 0.29) is 0 Å². The minimum absolute atomic E-state index is 0.543. The van der Waals surface area contributed by atoms with E-state index in [4.69, 9.17) is 10.3 Å². The Labute approximate surface area is 106 Å². The van der Waals surface area contributed by atoms with E-state index < -0.39 is 0 Å². The highest BCUT2D eigenvalue weighted by Crippen LogP contribution is 2.27. The van der Waals surface area contributed by atoms with E-state index in [2.05, 4.69) is 15.0 Å². The van der Waals surface area contributed by atoms with Gasteiger partial charge in [0.15, 0.2) is 0 Å². The Hall–Kier alpha value is -2.04. The molecule has 1 aliphatic heterocycles. The summed E-state index contributed by atoms with van der Waals surface area (Å²) in [5.41, 5.74) is 8.52. The van der Waals surface area contributed by atoms with E-state index in [1.165, 1.54) is 12.8 Å². The third-order valence-electron chi connectivity index (χ3n) is 3.41. The Bertz CT molecular complexity index is 558. The van der Waals surface area contributed by atoms with E-state index in [1.54, 1.807) is 0 Å². The molecule has 94 valence electrons. The second-order valence-corrected chi connectivity index (χ2v) is 4.61. The normalized spacial score (nSPS) is 15.3. The van der Waals surface area contributed by atoms with Crippen molar-refractivity contribution >= 4 is 11.6 Å². The zero-order valence-corrected chi connectivity index (χ0v) is 10.4. The van der Waals surface area contributed by atoms with Crippen molar-refractivity contribution in [2.75, 3.05) is 23.7 Å². The zero-order valence-electron chi connectivity index (χ0n) is 10.4. The molecule has 1 fully saturated rings. The van der Waals surface area contributed by atoms with Crippen LogP contribution in [0.5, 0.6) is 0 Å². The van der Waals surface area contributed by atoms with Crippen molar-refractivity contribution in [2.45, 2.75) is 19.8 Å². The summed E-state index contributed by atoms with van der Waals surface area (Å²) in [6.07, 6.45) is 2.39. The van der Waals surface area contributed by atoms with Crippen LogP contribution in [-0.4, -0.2) is 23.2 Å². The molecule has 0 aliphatic carbocycles. The van der Waals surface area contributed by atoms with Crippen molar-refractivity contribution in [3.8, 4) is 11.5 Å². The largest absolute Gasteiger partial charge is 0.398 e. The van der Waals surface area contributed by atoms with Crippen LogP contribution in [0.4, 0.5) is 11.6 Å². The van der Waals surface area contributed by atoms with Crippen molar-refractivity contribution in [2.24, 2.45) is 0 Å². The van der Waals surface area contributed by atoms with Crippen LogP contribution < -0.4 is 10.6 Å². The number of nitrogens with two attached hydrogens (primary N) is 1. The van der Waals surface area contributed by atoms with Gasteiger partial charge >= 0.3 is 0 Å². The van der Waals surface area contributed by atoms with Crippen LogP contribution in [0.3, 0.4) is 0 Å². The van der Waals surface area contributed by atoms with E-state index in [1.807, 2.05) is 25.1 Å². The Morgan fingerprint density at radius 2 is 2.06 bits per heavy atom. The van der Waals surface area contributed by atoms with Gasteiger partial charge in [0.25, 0.3) is 11.8 Å². The van der Waals surface area contributed by atoms with Crippen molar-refractivity contribution in [3.05, 3.63) is 23.8 Å². The fraction of sp³-hybridized carbons (Fsp3) is 0.385. The Morgan fingerprint density at radius 1 is 1.28 bits per heavy atom. The third kappa shape index (κ3) is 1.81. The van der Waals surface area contributed by atoms with Gasteiger partial charge < -0.3 is 15.2 Å². The second kappa shape index (κ2) is 4.33. The summed E-state index contributed by atoms with van der Waals surface area (Å²) in [5, 5.41) is 4.04. The minimum atomic E-state index is 0.543. The van der Waals surface area contributed by atoms with Gasteiger partial charge in [0.1, 0.15) is 0 Å². The average Bonchev–Trinajstić information content (AvgIpc) is 3.01. The number of rotatable bonds is 2. The average molecular weight is 244 g/mol. The van der Waals surface area contributed by atoms with Crippen molar-refractivity contribution < 1.29 is 4.52 Å². The van der Waals surface area contributed by atoms with Gasteiger partial charge in [-0.3, -0.25) is 0 Å². The maximum Gasteiger partial charge on any atom is 0.266 e. The number of hydrogen-bond donors (Lipinski definition) is 1. The lowest BCUT2D eigenvalue weighted by molar-refractivity contribution is 0.430. The van der Waals surface area contributed by atoms with E-state index in [0.717, 1.165) is 29.9 Å². The van der Waals surface area contributed by atoms with Gasteiger partial charge in [-0.05, 0) is 42.6 Å². The number of nitrogen functional groups attached to an aromatic ring is 1. The van der Waals surface area contributed by atoms with Gasteiger partial charge in [-0.25, -0.2) is 0 Å². The van der Waals surface area contributed by atoms with Gasteiger partial charge in [-0.15, -0.1) is 0 Å². The molecule has 2 heterocycles. The molecule has 3 rings (SSSR count). The van der Waals surface area contributed by atoms with E-state index >= 15 is 0 Å². The zero-order chi connectivity index (χ0) is 12.5. The van der Waals surface area contributed by atoms with E-state index in [0.29, 0.717) is 11.8 Å². The van der Waals surface area contributed by atoms with Crippen molar-refractivity contribution in [1.29, 1.82) is 0 Å². The maximum absolute atomic E-state index is 5.89. The quantitative estimate of drug-likeness (QED) is 0.820. The molecule has 18 heavy (non-hydrogen) atoms. The fourth-order valence-electron chi connectivity index (χ4n) is 2.26. The summed E-state index contributed by atoms with van der Waals surface area (Å²) in [4.78, 5) is 6.60. The molecule has 1 aliphatic rings. The summed E-state index contributed by atoms with van der Waals surface area (Å²) >= 11 is 0. The van der Waals surface area contributed by atoms with Crippen LogP contribution in [0.15, 0.2) is 22.7 Å². The van der Waals surface area contributed by atoms with Crippen LogP contribution in [-0.2, 0) is 0 Å². The summed E-state index contributed by atoms with van der Waals surface area (Å²) in [5.74, 6) is 1.23. The number of benzene rings is 1. The van der Waals surface area contributed by atoms with Crippen LogP contribution in [0.1, 0.15) is 18.4 Å². The number of nitrogens with zero attached hydrogens (tertiary/aromatic N) is 3. The summed E-state index contributed by atoms with van der Waals surface area (Å²) in [6.45, 7) is 3.98. The molecule has 0 atom stereocenters.